The molecule has 1 unspecified atom stereocenters. The number of hydrogen-bond acceptors (Lipinski definition) is 1. The molecule has 1 atom stereocenters. The van der Waals surface area contributed by atoms with E-state index in [1.54, 1.807) is 0 Å². The van der Waals surface area contributed by atoms with Crippen molar-refractivity contribution in [2.75, 3.05) is 6.54 Å². The normalized spacial score (nSPS) is 12.4. The van der Waals surface area contributed by atoms with Crippen LogP contribution in [0.25, 0.3) is 0 Å². The number of rotatable bonds is 5. The Morgan fingerprint density at radius 3 is 2.38 bits per heavy atom. The fourth-order valence-electron chi connectivity index (χ4n) is 2.12. The number of nitrogens with one attached hydrogen (secondary N) is 1. The van der Waals surface area contributed by atoms with Crippen molar-refractivity contribution in [2.24, 2.45) is 0 Å². The molecular formula is C16H15ClF3N. The fourth-order valence-corrected chi connectivity index (χ4v) is 2.30. The molecule has 112 valence electrons. The van der Waals surface area contributed by atoms with Gasteiger partial charge in [0.1, 0.15) is 5.82 Å². The van der Waals surface area contributed by atoms with Crippen molar-refractivity contribution in [3.63, 3.8) is 0 Å². The topological polar surface area (TPSA) is 12.0 Å². The van der Waals surface area contributed by atoms with Gasteiger partial charge in [-0.05, 0) is 48.9 Å². The van der Waals surface area contributed by atoms with Crippen LogP contribution in [-0.2, 0) is 0 Å². The minimum atomic E-state index is -0.960. The van der Waals surface area contributed by atoms with Gasteiger partial charge in [0.05, 0.1) is 6.04 Å². The molecule has 0 bridgehead atoms. The lowest BCUT2D eigenvalue weighted by molar-refractivity contribution is 0.500. The van der Waals surface area contributed by atoms with Gasteiger partial charge in [0.25, 0.3) is 0 Å². The van der Waals surface area contributed by atoms with Gasteiger partial charge in [-0.25, -0.2) is 13.2 Å². The van der Waals surface area contributed by atoms with E-state index in [1.165, 1.54) is 24.3 Å². The molecule has 2 rings (SSSR count). The van der Waals surface area contributed by atoms with Gasteiger partial charge in [-0.2, -0.15) is 0 Å². The first-order valence-electron chi connectivity index (χ1n) is 6.66. The average molecular weight is 314 g/mol. The molecule has 0 amide bonds. The highest BCUT2D eigenvalue weighted by Crippen LogP contribution is 2.28. The Kier molecular flexibility index (Phi) is 5.26. The largest absolute Gasteiger partial charge is 0.306 e. The van der Waals surface area contributed by atoms with E-state index in [-0.39, 0.29) is 0 Å². The second-order valence-electron chi connectivity index (χ2n) is 4.73. The predicted octanol–water partition coefficient (Wildman–Crippen LogP) is 4.85. The number of halogens is 4. The van der Waals surface area contributed by atoms with Crippen molar-refractivity contribution in [1.82, 2.24) is 5.32 Å². The second kappa shape index (κ2) is 6.96. The maximum absolute atomic E-state index is 14.0. The molecule has 2 aromatic carbocycles. The summed E-state index contributed by atoms with van der Waals surface area (Å²) in [6, 6.07) is 7.16. The molecule has 1 N–H and O–H groups in total. The number of benzene rings is 2. The minimum absolute atomic E-state index is 0.307. The third-order valence-electron chi connectivity index (χ3n) is 3.14. The zero-order valence-corrected chi connectivity index (χ0v) is 12.2. The average Bonchev–Trinajstić information content (AvgIpc) is 2.46. The Hall–Kier alpha value is -1.52. The van der Waals surface area contributed by atoms with E-state index < -0.39 is 23.5 Å². The minimum Gasteiger partial charge on any atom is -0.306 e. The molecule has 1 nitrogen and oxygen atoms in total. The van der Waals surface area contributed by atoms with Crippen molar-refractivity contribution in [3.8, 4) is 0 Å². The van der Waals surface area contributed by atoms with Crippen LogP contribution in [0, 0.1) is 17.5 Å². The van der Waals surface area contributed by atoms with Gasteiger partial charge in [0, 0.05) is 10.6 Å². The summed E-state index contributed by atoms with van der Waals surface area (Å²) in [5.41, 5.74) is 0.755. The standard InChI is InChI=1S/C16H15ClF3N/c1-2-7-21-16(10-3-5-14(19)15(20)8-10)12-9-11(17)4-6-13(12)18/h3-6,8-9,16,21H,2,7H2,1H3. The number of hydrogen-bond donors (Lipinski definition) is 1. The van der Waals surface area contributed by atoms with Crippen molar-refractivity contribution in [2.45, 2.75) is 19.4 Å². The van der Waals surface area contributed by atoms with Gasteiger partial charge in [-0.15, -0.1) is 0 Å². The molecule has 2 aromatic rings. The maximum Gasteiger partial charge on any atom is 0.159 e. The molecule has 0 saturated carbocycles. The Bertz CT molecular complexity index is 631. The molecule has 0 aromatic heterocycles. The molecule has 0 radical (unpaired) electrons. The Morgan fingerprint density at radius 2 is 1.71 bits per heavy atom. The third-order valence-corrected chi connectivity index (χ3v) is 3.38. The van der Waals surface area contributed by atoms with Crippen molar-refractivity contribution in [3.05, 3.63) is 70.0 Å². The molecule has 0 fully saturated rings. The summed E-state index contributed by atoms with van der Waals surface area (Å²) in [4.78, 5) is 0. The molecule has 0 aliphatic carbocycles. The van der Waals surface area contributed by atoms with Crippen LogP contribution in [0.4, 0.5) is 13.2 Å². The zero-order valence-electron chi connectivity index (χ0n) is 11.5. The summed E-state index contributed by atoms with van der Waals surface area (Å²) < 4.78 is 40.6. The molecule has 0 spiro atoms. The van der Waals surface area contributed by atoms with Crippen LogP contribution in [0.2, 0.25) is 5.02 Å². The highest BCUT2D eigenvalue weighted by atomic mass is 35.5. The van der Waals surface area contributed by atoms with E-state index in [2.05, 4.69) is 5.32 Å². The summed E-state index contributed by atoms with van der Waals surface area (Å²) in [6.45, 7) is 2.57. The van der Waals surface area contributed by atoms with E-state index in [9.17, 15) is 13.2 Å². The summed E-state index contributed by atoms with van der Waals surface area (Å²) in [6.07, 6.45) is 0.822. The first-order valence-corrected chi connectivity index (χ1v) is 7.04. The predicted molar refractivity (Wildman–Crippen MR) is 77.9 cm³/mol. The van der Waals surface area contributed by atoms with Gasteiger partial charge in [-0.3, -0.25) is 0 Å². The second-order valence-corrected chi connectivity index (χ2v) is 5.16. The molecule has 0 aliphatic heterocycles. The van der Waals surface area contributed by atoms with Crippen LogP contribution >= 0.6 is 11.6 Å². The van der Waals surface area contributed by atoms with Crippen molar-refractivity contribution in [1.29, 1.82) is 0 Å². The van der Waals surface area contributed by atoms with Crippen LogP contribution < -0.4 is 5.32 Å². The van der Waals surface area contributed by atoms with Crippen LogP contribution in [0.15, 0.2) is 36.4 Å². The van der Waals surface area contributed by atoms with E-state index >= 15 is 0 Å². The van der Waals surface area contributed by atoms with E-state index in [4.69, 9.17) is 11.6 Å². The SMILES string of the molecule is CCCNC(c1ccc(F)c(F)c1)c1cc(Cl)ccc1F. The fraction of sp³-hybridized carbons (Fsp3) is 0.250. The molecule has 0 saturated heterocycles. The highest BCUT2D eigenvalue weighted by molar-refractivity contribution is 6.30. The molecule has 0 heterocycles. The summed E-state index contributed by atoms with van der Waals surface area (Å²) in [5, 5.41) is 3.52. The van der Waals surface area contributed by atoms with E-state index in [0.29, 0.717) is 22.7 Å². The summed E-state index contributed by atoms with van der Waals surface area (Å²) in [5.74, 6) is -2.34. The lowest BCUT2D eigenvalue weighted by atomic mass is 9.97. The lowest BCUT2D eigenvalue weighted by Gasteiger charge is -2.20. The Balaban J connectivity index is 2.46. The van der Waals surface area contributed by atoms with Gasteiger partial charge in [0.2, 0.25) is 0 Å². The molecular weight excluding hydrogens is 299 g/mol. The van der Waals surface area contributed by atoms with Gasteiger partial charge < -0.3 is 5.32 Å². The monoisotopic (exact) mass is 313 g/mol. The third kappa shape index (κ3) is 3.77. The van der Waals surface area contributed by atoms with Crippen molar-refractivity contribution >= 4 is 11.6 Å². The maximum atomic E-state index is 14.0. The molecule has 21 heavy (non-hydrogen) atoms. The quantitative estimate of drug-likeness (QED) is 0.832. The van der Waals surface area contributed by atoms with Crippen LogP contribution in [-0.4, -0.2) is 6.54 Å². The van der Waals surface area contributed by atoms with Crippen LogP contribution in [0.1, 0.15) is 30.5 Å². The molecule has 0 aliphatic rings. The smallest absolute Gasteiger partial charge is 0.159 e. The molecule has 5 heteroatoms. The first kappa shape index (κ1) is 15.9. The van der Waals surface area contributed by atoms with E-state index in [1.807, 2.05) is 6.92 Å². The van der Waals surface area contributed by atoms with Gasteiger partial charge in [0.15, 0.2) is 11.6 Å². The summed E-state index contributed by atoms with van der Waals surface area (Å²) in [7, 11) is 0. The Labute approximate surface area is 126 Å². The van der Waals surface area contributed by atoms with E-state index in [0.717, 1.165) is 18.6 Å². The lowest BCUT2D eigenvalue weighted by Crippen LogP contribution is -2.24. The zero-order chi connectivity index (χ0) is 15.4. The van der Waals surface area contributed by atoms with Crippen LogP contribution in [0.3, 0.4) is 0 Å². The summed E-state index contributed by atoms with van der Waals surface area (Å²) >= 11 is 5.91. The Morgan fingerprint density at radius 1 is 1.00 bits per heavy atom. The van der Waals surface area contributed by atoms with Crippen LogP contribution in [0.5, 0.6) is 0 Å². The highest BCUT2D eigenvalue weighted by Gasteiger charge is 2.19. The van der Waals surface area contributed by atoms with Gasteiger partial charge in [-0.1, -0.05) is 24.6 Å². The van der Waals surface area contributed by atoms with Crippen molar-refractivity contribution < 1.29 is 13.2 Å². The first-order chi connectivity index (χ1) is 10.0. The van der Waals surface area contributed by atoms with Gasteiger partial charge >= 0.3 is 0 Å².